The van der Waals surface area contributed by atoms with E-state index in [9.17, 15) is 23.2 Å². The number of anilines is 1. The van der Waals surface area contributed by atoms with Crippen molar-refractivity contribution in [2.75, 3.05) is 38.6 Å². The van der Waals surface area contributed by atoms with Crippen molar-refractivity contribution < 1.29 is 37.8 Å². The van der Waals surface area contributed by atoms with Gasteiger partial charge >= 0.3 is 0 Å². The lowest BCUT2D eigenvalue weighted by atomic mass is 9.95. The minimum Gasteiger partial charge on any atom is -0.494 e. The number of hydrogen-bond donors (Lipinski definition) is 4. The number of likely N-dealkylation sites (tertiary alicyclic amines) is 1. The fourth-order valence-electron chi connectivity index (χ4n) is 6.14. The Bertz CT molecular complexity index is 1650. The van der Waals surface area contributed by atoms with Gasteiger partial charge in [0.2, 0.25) is 11.7 Å². The summed E-state index contributed by atoms with van der Waals surface area (Å²) in [6.07, 6.45) is 2.44. The van der Waals surface area contributed by atoms with Crippen molar-refractivity contribution in [3.63, 3.8) is 0 Å². The van der Waals surface area contributed by atoms with Crippen LogP contribution >= 0.6 is 11.6 Å². The zero-order valence-corrected chi connectivity index (χ0v) is 25.8. The first-order valence-corrected chi connectivity index (χ1v) is 15.0. The molecule has 3 fully saturated rings. The maximum atomic E-state index is 14.6. The maximum Gasteiger partial charge on any atom is 0.291 e. The van der Waals surface area contributed by atoms with Crippen LogP contribution in [0.4, 0.5) is 14.5 Å². The van der Waals surface area contributed by atoms with Crippen LogP contribution in [-0.4, -0.2) is 83.1 Å². The molecule has 1 aromatic heterocycles. The Kier molecular flexibility index (Phi) is 9.87. The molecule has 0 bridgehead atoms. The lowest BCUT2D eigenvalue weighted by Gasteiger charge is -2.31. The standard InChI is InChI=1S/C30H31ClF2N6O4.CH2O2/c1-38-22(18-5-6-23(43-2)25(33)24(18)32)14-35-27(38)29(41)36-16-3-4-17(21(31)11-16)30(42)39-9-7-15(8-10-39)28(40)37-26-19-12-34-13-20(19)26;2-1-3/h3-6,11,14-15,19-20,26,34H,7-10,12-13H2,1-2H3,(H,36,41)(H,37,40);1H,(H,2,3)/t19-,20+,26?;. The molecule has 1 aliphatic carbocycles. The Labute approximate surface area is 268 Å². The number of fused-ring (bicyclic) bond motifs is 1. The molecule has 2 saturated heterocycles. The largest absolute Gasteiger partial charge is 0.494 e. The summed E-state index contributed by atoms with van der Waals surface area (Å²) in [6.45, 7) is 2.57. The quantitative estimate of drug-likeness (QED) is 0.282. The molecular formula is C31H33ClF2N6O6. The molecule has 46 heavy (non-hydrogen) atoms. The van der Waals surface area contributed by atoms with Gasteiger partial charge in [-0.1, -0.05) is 11.6 Å². The van der Waals surface area contributed by atoms with Gasteiger partial charge in [-0.15, -0.1) is 0 Å². The first kappa shape index (κ1) is 32.8. The predicted molar refractivity (Wildman–Crippen MR) is 164 cm³/mol. The Morgan fingerprint density at radius 2 is 1.78 bits per heavy atom. The molecule has 3 amide bonds. The van der Waals surface area contributed by atoms with E-state index in [1.165, 1.54) is 43.1 Å². The number of hydrogen-bond acceptors (Lipinski definition) is 7. The van der Waals surface area contributed by atoms with Gasteiger partial charge in [-0.3, -0.25) is 19.2 Å². The van der Waals surface area contributed by atoms with E-state index >= 15 is 0 Å². The molecule has 12 nitrogen and oxygen atoms in total. The first-order chi connectivity index (χ1) is 22.1. The molecule has 0 radical (unpaired) electrons. The van der Waals surface area contributed by atoms with Crippen molar-refractivity contribution in [2.24, 2.45) is 24.8 Å². The van der Waals surface area contributed by atoms with E-state index < -0.39 is 17.5 Å². The number of imidazole rings is 1. The number of piperidine rings is 2. The Hall–Kier alpha value is -4.56. The third-order valence-corrected chi connectivity index (χ3v) is 9.06. The highest BCUT2D eigenvalue weighted by atomic mass is 35.5. The van der Waals surface area contributed by atoms with Gasteiger partial charge in [0.05, 0.1) is 29.6 Å². The average Bonchev–Trinajstić information content (AvgIpc) is 3.33. The topological polar surface area (TPSA) is 155 Å². The van der Waals surface area contributed by atoms with Crippen LogP contribution in [0.2, 0.25) is 5.02 Å². The number of carbonyl (C=O) groups is 4. The number of aromatic nitrogens is 2. The SMILES string of the molecule is COc1ccc(-c2cnc(C(=O)Nc3ccc(C(=O)N4CCC(C(=O)NC5[C@H]6CNC[C@@H]56)CC4)c(Cl)c3)n2C)c(F)c1F.O=CO. The van der Waals surface area contributed by atoms with Gasteiger partial charge in [0.1, 0.15) is 0 Å². The molecule has 0 spiro atoms. The number of ether oxygens (including phenoxy) is 1. The summed E-state index contributed by atoms with van der Waals surface area (Å²) in [6, 6.07) is 7.49. The third kappa shape index (κ3) is 6.53. The fraction of sp³-hybridized carbons (Fsp3) is 0.387. The number of methoxy groups -OCH3 is 1. The lowest BCUT2D eigenvalue weighted by Crippen LogP contribution is -2.44. The number of carboxylic acid groups (broad SMARTS) is 1. The highest BCUT2D eigenvalue weighted by Gasteiger charge is 2.54. The van der Waals surface area contributed by atoms with Crippen LogP contribution in [0.15, 0.2) is 36.5 Å². The number of benzene rings is 2. The zero-order valence-electron chi connectivity index (χ0n) is 25.1. The number of nitrogens with one attached hydrogen (secondary N) is 3. The molecule has 244 valence electrons. The van der Waals surface area contributed by atoms with Crippen LogP contribution in [-0.2, 0) is 16.6 Å². The van der Waals surface area contributed by atoms with E-state index in [2.05, 4.69) is 20.9 Å². The fourth-order valence-corrected chi connectivity index (χ4v) is 6.40. The second-order valence-electron chi connectivity index (χ2n) is 11.3. The number of halogens is 3. The van der Waals surface area contributed by atoms with Gasteiger partial charge in [0.25, 0.3) is 18.3 Å². The van der Waals surface area contributed by atoms with Crippen LogP contribution in [0.25, 0.3) is 11.3 Å². The molecule has 1 unspecified atom stereocenters. The van der Waals surface area contributed by atoms with E-state index in [4.69, 9.17) is 26.2 Å². The van der Waals surface area contributed by atoms with Crippen LogP contribution in [0.3, 0.4) is 0 Å². The highest BCUT2D eigenvalue weighted by molar-refractivity contribution is 6.34. The van der Waals surface area contributed by atoms with Gasteiger partial charge in [-0.05, 0) is 55.0 Å². The highest BCUT2D eigenvalue weighted by Crippen LogP contribution is 2.42. The summed E-state index contributed by atoms with van der Waals surface area (Å²) in [4.78, 5) is 53.1. The summed E-state index contributed by atoms with van der Waals surface area (Å²) in [5.74, 6) is -2.32. The third-order valence-electron chi connectivity index (χ3n) is 8.74. The number of carbonyl (C=O) groups excluding carboxylic acids is 3. The van der Waals surface area contributed by atoms with Crippen LogP contribution < -0.4 is 20.7 Å². The molecule has 3 aliphatic rings. The summed E-state index contributed by atoms with van der Waals surface area (Å²) < 4.78 is 35.0. The number of rotatable bonds is 7. The molecule has 3 atom stereocenters. The molecule has 2 aliphatic heterocycles. The Morgan fingerprint density at radius 3 is 2.41 bits per heavy atom. The predicted octanol–water partition coefficient (Wildman–Crippen LogP) is 3.17. The lowest BCUT2D eigenvalue weighted by molar-refractivity contribution is -0.126. The molecule has 2 aromatic carbocycles. The molecule has 6 rings (SSSR count). The molecule has 3 aromatic rings. The van der Waals surface area contributed by atoms with E-state index in [0.717, 1.165) is 13.1 Å². The monoisotopic (exact) mass is 658 g/mol. The van der Waals surface area contributed by atoms with Crippen LogP contribution in [0.5, 0.6) is 5.75 Å². The molecule has 4 N–H and O–H groups in total. The smallest absolute Gasteiger partial charge is 0.291 e. The zero-order chi connectivity index (χ0) is 33.1. The molecular weight excluding hydrogens is 626 g/mol. The van der Waals surface area contributed by atoms with Crippen molar-refractivity contribution in [3.05, 3.63) is 64.6 Å². The van der Waals surface area contributed by atoms with Crippen molar-refractivity contribution >= 4 is 41.5 Å². The number of amides is 3. The van der Waals surface area contributed by atoms with E-state index in [0.29, 0.717) is 43.5 Å². The van der Waals surface area contributed by atoms with Crippen LogP contribution in [0, 0.1) is 29.4 Å². The van der Waals surface area contributed by atoms with E-state index in [-0.39, 0.29) is 63.7 Å². The summed E-state index contributed by atoms with van der Waals surface area (Å²) in [7, 11) is 2.75. The molecule has 3 heterocycles. The summed E-state index contributed by atoms with van der Waals surface area (Å²) in [5.41, 5.74) is 0.730. The van der Waals surface area contributed by atoms with Crippen LogP contribution in [0.1, 0.15) is 33.8 Å². The Morgan fingerprint density at radius 1 is 1.11 bits per heavy atom. The first-order valence-electron chi connectivity index (χ1n) is 14.6. The van der Waals surface area contributed by atoms with Crippen molar-refractivity contribution in [1.29, 1.82) is 0 Å². The molecule has 1 saturated carbocycles. The van der Waals surface area contributed by atoms with Crippen molar-refractivity contribution in [2.45, 2.75) is 18.9 Å². The second-order valence-corrected chi connectivity index (χ2v) is 11.7. The van der Waals surface area contributed by atoms with Gasteiger partial charge in [-0.25, -0.2) is 9.37 Å². The summed E-state index contributed by atoms with van der Waals surface area (Å²) >= 11 is 6.46. The van der Waals surface area contributed by atoms with Crippen molar-refractivity contribution in [3.8, 4) is 17.0 Å². The normalized spacial score (nSPS) is 20.2. The van der Waals surface area contributed by atoms with Gasteiger partial charge in [0.15, 0.2) is 17.4 Å². The summed E-state index contributed by atoms with van der Waals surface area (Å²) in [5, 5.41) is 16.2. The second kappa shape index (κ2) is 13.8. The average molecular weight is 659 g/mol. The van der Waals surface area contributed by atoms with Crippen molar-refractivity contribution in [1.82, 2.24) is 25.1 Å². The molecule has 15 heteroatoms. The van der Waals surface area contributed by atoms with Gasteiger partial charge in [0, 0.05) is 56.4 Å². The Balaban J connectivity index is 0.00000134. The van der Waals surface area contributed by atoms with Gasteiger partial charge < -0.3 is 35.3 Å². The van der Waals surface area contributed by atoms with E-state index in [1.807, 2.05) is 0 Å². The number of nitrogens with zero attached hydrogens (tertiary/aromatic N) is 3. The van der Waals surface area contributed by atoms with Gasteiger partial charge in [-0.2, -0.15) is 4.39 Å². The minimum absolute atomic E-state index is 0.0460. The minimum atomic E-state index is -1.14. The van der Waals surface area contributed by atoms with E-state index in [1.54, 1.807) is 17.0 Å². The maximum absolute atomic E-state index is 14.6.